The number of carbonyl (C=O) groups excluding carboxylic acids is 1. The lowest BCUT2D eigenvalue weighted by molar-refractivity contribution is 0.0975. The number of nitrogens with one attached hydrogen (secondary N) is 3. The third-order valence-corrected chi connectivity index (χ3v) is 5.27. The highest BCUT2D eigenvalue weighted by molar-refractivity contribution is 6.06. The number of aliphatic imine (C=N–C) groups is 2. The van der Waals surface area contributed by atoms with Gasteiger partial charge in [0.05, 0.1) is 18.8 Å². The number of ether oxygens (including phenoxy) is 1. The van der Waals surface area contributed by atoms with E-state index in [0.717, 1.165) is 29.7 Å². The number of carbonyl (C=O) groups is 1. The molecule has 7 nitrogen and oxygen atoms in total. The molecule has 0 bridgehead atoms. The van der Waals surface area contributed by atoms with Crippen molar-refractivity contribution in [3.63, 3.8) is 0 Å². The van der Waals surface area contributed by atoms with E-state index in [1.54, 1.807) is 6.07 Å². The fourth-order valence-corrected chi connectivity index (χ4v) is 3.65. The molecule has 1 aliphatic carbocycles. The van der Waals surface area contributed by atoms with Crippen molar-refractivity contribution in [2.75, 3.05) is 31.6 Å². The maximum atomic E-state index is 15.1. The van der Waals surface area contributed by atoms with Crippen molar-refractivity contribution in [1.82, 2.24) is 10.6 Å². The maximum absolute atomic E-state index is 15.1. The SMILES string of the molecule is O=C(NC1=NCCN1)c1cc(F)c(Nc2cccc(C3=NCCO3)c2)c(C2CC2)c1. The van der Waals surface area contributed by atoms with Crippen LogP contribution in [0.5, 0.6) is 0 Å². The number of hydrogen-bond donors (Lipinski definition) is 3. The van der Waals surface area contributed by atoms with Crippen molar-refractivity contribution in [2.24, 2.45) is 9.98 Å². The summed E-state index contributed by atoms with van der Waals surface area (Å²) in [6.07, 6.45) is 1.97. The van der Waals surface area contributed by atoms with E-state index in [2.05, 4.69) is 25.9 Å². The van der Waals surface area contributed by atoms with E-state index in [4.69, 9.17) is 4.74 Å². The topological polar surface area (TPSA) is 87.1 Å². The van der Waals surface area contributed by atoms with Gasteiger partial charge in [-0.05, 0) is 54.7 Å². The highest BCUT2D eigenvalue weighted by atomic mass is 19.1. The minimum Gasteiger partial charge on any atom is -0.476 e. The van der Waals surface area contributed by atoms with Crippen LogP contribution in [0.2, 0.25) is 0 Å². The first-order valence-corrected chi connectivity index (χ1v) is 10.2. The average molecular weight is 407 g/mol. The number of nitrogens with zero attached hydrogens (tertiary/aromatic N) is 2. The van der Waals surface area contributed by atoms with E-state index >= 15 is 4.39 Å². The summed E-state index contributed by atoms with van der Waals surface area (Å²) in [6, 6.07) is 10.6. The Kier molecular flexibility index (Phi) is 4.82. The largest absolute Gasteiger partial charge is 0.476 e. The molecule has 5 rings (SSSR count). The van der Waals surface area contributed by atoms with Crippen LogP contribution in [0.1, 0.15) is 40.2 Å². The molecule has 1 saturated carbocycles. The van der Waals surface area contributed by atoms with Crippen LogP contribution >= 0.6 is 0 Å². The van der Waals surface area contributed by atoms with Gasteiger partial charge in [0.1, 0.15) is 12.4 Å². The van der Waals surface area contributed by atoms with Crippen LogP contribution < -0.4 is 16.0 Å². The summed E-state index contributed by atoms with van der Waals surface area (Å²) < 4.78 is 20.6. The van der Waals surface area contributed by atoms with E-state index in [9.17, 15) is 4.79 Å². The molecule has 2 aliphatic heterocycles. The molecule has 1 fully saturated rings. The van der Waals surface area contributed by atoms with Crippen LogP contribution in [0.3, 0.4) is 0 Å². The fraction of sp³-hybridized carbons (Fsp3) is 0.318. The summed E-state index contributed by atoms with van der Waals surface area (Å²) in [5.41, 5.74) is 3.12. The van der Waals surface area contributed by atoms with Gasteiger partial charge >= 0.3 is 0 Å². The molecule has 1 amide bonds. The van der Waals surface area contributed by atoms with Crippen molar-refractivity contribution in [2.45, 2.75) is 18.8 Å². The van der Waals surface area contributed by atoms with Crippen molar-refractivity contribution in [3.05, 3.63) is 58.9 Å². The van der Waals surface area contributed by atoms with Crippen LogP contribution in [0.15, 0.2) is 46.4 Å². The van der Waals surface area contributed by atoms with Gasteiger partial charge in [-0.25, -0.2) is 9.38 Å². The number of guanidine groups is 1. The Labute approximate surface area is 173 Å². The lowest BCUT2D eigenvalue weighted by atomic mass is 10.0. The van der Waals surface area contributed by atoms with Gasteiger partial charge < -0.3 is 15.4 Å². The molecule has 0 atom stereocenters. The molecule has 0 aromatic heterocycles. The normalized spacial score (nSPS) is 17.6. The molecular formula is C22H22FN5O2. The van der Waals surface area contributed by atoms with E-state index in [1.807, 2.05) is 24.3 Å². The van der Waals surface area contributed by atoms with Crippen LogP contribution in [-0.2, 0) is 4.74 Å². The second kappa shape index (κ2) is 7.78. The second-order valence-corrected chi connectivity index (χ2v) is 7.55. The molecule has 3 N–H and O–H groups in total. The average Bonchev–Trinajstić information content (AvgIpc) is 3.21. The Balaban J connectivity index is 1.42. The fourth-order valence-electron chi connectivity index (χ4n) is 3.65. The minimum absolute atomic E-state index is 0.252. The molecule has 2 aromatic rings. The zero-order valence-corrected chi connectivity index (χ0v) is 16.4. The van der Waals surface area contributed by atoms with E-state index in [0.29, 0.717) is 49.3 Å². The van der Waals surface area contributed by atoms with Gasteiger partial charge in [0.25, 0.3) is 5.91 Å². The van der Waals surface area contributed by atoms with Crippen molar-refractivity contribution < 1.29 is 13.9 Å². The first-order valence-electron chi connectivity index (χ1n) is 10.2. The van der Waals surface area contributed by atoms with Crippen molar-refractivity contribution >= 4 is 29.1 Å². The van der Waals surface area contributed by atoms with Gasteiger partial charge in [-0.15, -0.1) is 0 Å². The highest BCUT2D eigenvalue weighted by Crippen LogP contribution is 2.45. The third-order valence-electron chi connectivity index (χ3n) is 5.27. The Morgan fingerprint density at radius 2 is 2.07 bits per heavy atom. The van der Waals surface area contributed by atoms with Gasteiger partial charge in [-0.2, -0.15) is 0 Å². The highest BCUT2D eigenvalue weighted by Gasteiger charge is 2.29. The van der Waals surface area contributed by atoms with E-state index in [-0.39, 0.29) is 11.8 Å². The van der Waals surface area contributed by atoms with Crippen LogP contribution in [0, 0.1) is 5.82 Å². The smallest absolute Gasteiger partial charge is 0.258 e. The molecule has 8 heteroatoms. The van der Waals surface area contributed by atoms with Gasteiger partial charge in [0.2, 0.25) is 5.90 Å². The first kappa shape index (κ1) is 18.6. The molecule has 3 aliphatic rings. The summed E-state index contributed by atoms with van der Waals surface area (Å²) in [4.78, 5) is 21.1. The quantitative estimate of drug-likeness (QED) is 0.711. The monoisotopic (exact) mass is 407 g/mol. The lowest BCUT2D eigenvalue weighted by Gasteiger charge is -2.16. The molecular weight excluding hydrogens is 385 g/mol. The Hall–Kier alpha value is -3.42. The number of anilines is 2. The summed E-state index contributed by atoms with van der Waals surface area (Å²) in [5.74, 6) is 0.475. The molecule has 0 unspecified atom stereocenters. The van der Waals surface area contributed by atoms with Gasteiger partial charge in [-0.1, -0.05) is 6.07 Å². The van der Waals surface area contributed by atoms with E-state index < -0.39 is 5.82 Å². The van der Waals surface area contributed by atoms with Crippen molar-refractivity contribution in [1.29, 1.82) is 0 Å². The van der Waals surface area contributed by atoms with Crippen LogP contribution in [-0.4, -0.2) is 44.0 Å². The number of hydrogen-bond acceptors (Lipinski definition) is 6. The molecule has 0 saturated heterocycles. The molecule has 0 radical (unpaired) electrons. The zero-order valence-electron chi connectivity index (χ0n) is 16.4. The van der Waals surface area contributed by atoms with Crippen molar-refractivity contribution in [3.8, 4) is 0 Å². The summed E-state index contributed by atoms with van der Waals surface area (Å²) >= 11 is 0. The number of rotatable bonds is 5. The first-order chi connectivity index (χ1) is 14.7. The molecule has 154 valence electrons. The summed E-state index contributed by atoms with van der Waals surface area (Å²) in [7, 11) is 0. The maximum Gasteiger partial charge on any atom is 0.258 e. The minimum atomic E-state index is -0.453. The molecule has 2 aromatic carbocycles. The zero-order chi connectivity index (χ0) is 20.5. The molecule has 30 heavy (non-hydrogen) atoms. The number of benzene rings is 2. The summed E-state index contributed by atoms with van der Waals surface area (Å²) in [6.45, 7) is 2.55. The van der Waals surface area contributed by atoms with E-state index in [1.165, 1.54) is 6.07 Å². The Bertz CT molecular complexity index is 1060. The van der Waals surface area contributed by atoms with Gasteiger partial charge in [-0.3, -0.25) is 15.1 Å². The predicted octanol–water partition coefficient (Wildman–Crippen LogP) is 2.91. The predicted molar refractivity (Wildman–Crippen MR) is 113 cm³/mol. The second-order valence-electron chi connectivity index (χ2n) is 7.55. The molecule has 0 spiro atoms. The third kappa shape index (κ3) is 3.85. The van der Waals surface area contributed by atoms with Crippen LogP contribution in [0.25, 0.3) is 0 Å². The number of halogens is 1. The van der Waals surface area contributed by atoms with Gasteiger partial charge in [0.15, 0.2) is 5.96 Å². The van der Waals surface area contributed by atoms with Gasteiger partial charge in [0, 0.05) is 23.4 Å². The number of amides is 1. The summed E-state index contributed by atoms with van der Waals surface area (Å²) in [5, 5.41) is 8.90. The van der Waals surface area contributed by atoms with Crippen LogP contribution in [0.4, 0.5) is 15.8 Å². The lowest BCUT2D eigenvalue weighted by Crippen LogP contribution is -2.38. The molecule has 2 heterocycles. The standard InChI is InChI=1S/C22H22FN5O2/c23-18-12-15(20(29)28-22-25-6-7-26-22)11-17(13-4-5-13)19(18)27-16-3-1-2-14(10-16)21-24-8-9-30-21/h1-3,10-13,27H,4-9H2,(H2,25,26,28,29). The Morgan fingerprint density at radius 3 is 2.80 bits per heavy atom. The Morgan fingerprint density at radius 1 is 1.17 bits per heavy atom.